The highest BCUT2D eigenvalue weighted by molar-refractivity contribution is 5.91. The second-order valence-corrected chi connectivity index (χ2v) is 6.40. The van der Waals surface area contributed by atoms with Crippen LogP contribution in [0.1, 0.15) is 25.5 Å². The molecule has 1 aromatic carbocycles. The Balaban J connectivity index is 1.71. The third kappa shape index (κ3) is 3.48. The Labute approximate surface area is 140 Å². The first-order valence-corrected chi connectivity index (χ1v) is 8.25. The summed E-state index contributed by atoms with van der Waals surface area (Å²) >= 11 is 0. The maximum absolute atomic E-state index is 13.6. The predicted octanol–water partition coefficient (Wildman–Crippen LogP) is 3.03. The van der Waals surface area contributed by atoms with E-state index in [0.717, 1.165) is 41.7 Å². The number of anilines is 1. The van der Waals surface area contributed by atoms with Crippen molar-refractivity contribution >= 4 is 22.6 Å². The van der Waals surface area contributed by atoms with Gasteiger partial charge in [-0.15, -0.1) is 0 Å². The standard InChI is InChI=1S/C18H22FN3O2/c1-3-22(10-18(23)24)14-8-13(9-14)21-17-6-11(2)20-16-5-4-12(19)7-15(16)17/h4-7,13-14H,3,8-10H2,1-2H3,(H,20,21)(H,23,24). The molecule has 0 aliphatic heterocycles. The quantitative estimate of drug-likeness (QED) is 0.852. The van der Waals surface area contributed by atoms with Gasteiger partial charge in [0.1, 0.15) is 5.82 Å². The van der Waals surface area contributed by atoms with Crippen LogP contribution in [0.25, 0.3) is 10.9 Å². The Kier molecular flexibility index (Phi) is 4.66. The molecule has 1 aromatic heterocycles. The van der Waals surface area contributed by atoms with Gasteiger partial charge in [-0.3, -0.25) is 14.7 Å². The van der Waals surface area contributed by atoms with Crippen LogP contribution in [-0.2, 0) is 4.79 Å². The molecule has 2 aromatic rings. The number of carboxylic acids is 1. The third-order valence-electron chi connectivity index (χ3n) is 4.63. The number of rotatable bonds is 6. The highest BCUT2D eigenvalue weighted by Gasteiger charge is 2.34. The molecule has 24 heavy (non-hydrogen) atoms. The van der Waals surface area contributed by atoms with Crippen LogP contribution in [0.3, 0.4) is 0 Å². The van der Waals surface area contributed by atoms with Crippen molar-refractivity contribution in [1.29, 1.82) is 0 Å². The minimum atomic E-state index is -0.792. The highest BCUT2D eigenvalue weighted by Crippen LogP contribution is 2.31. The van der Waals surface area contributed by atoms with Gasteiger partial charge >= 0.3 is 5.97 Å². The van der Waals surface area contributed by atoms with Crippen LogP contribution in [0, 0.1) is 12.7 Å². The van der Waals surface area contributed by atoms with E-state index < -0.39 is 5.97 Å². The van der Waals surface area contributed by atoms with Crippen molar-refractivity contribution in [3.8, 4) is 0 Å². The molecule has 1 aliphatic carbocycles. The van der Waals surface area contributed by atoms with E-state index in [2.05, 4.69) is 10.3 Å². The molecule has 0 atom stereocenters. The zero-order valence-electron chi connectivity index (χ0n) is 13.9. The van der Waals surface area contributed by atoms with Gasteiger partial charge in [0.15, 0.2) is 0 Å². The summed E-state index contributed by atoms with van der Waals surface area (Å²) in [4.78, 5) is 17.3. The fourth-order valence-electron chi connectivity index (χ4n) is 3.35. The predicted molar refractivity (Wildman–Crippen MR) is 91.8 cm³/mol. The van der Waals surface area contributed by atoms with Crippen LogP contribution in [0.2, 0.25) is 0 Å². The van der Waals surface area contributed by atoms with Crippen LogP contribution in [0.15, 0.2) is 24.3 Å². The first-order valence-electron chi connectivity index (χ1n) is 8.25. The average Bonchev–Trinajstić information content (AvgIpc) is 2.48. The van der Waals surface area contributed by atoms with Gasteiger partial charge in [-0.1, -0.05) is 6.92 Å². The molecule has 0 radical (unpaired) electrons. The Morgan fingerprint density at radius 3 is 2.83 bits per heavy atom. The number of fused-ring (bicyclic) bond motifs is 1. The fourth-order valence-corrected chi connectivity index (χ4v) is 3.35. The van der Waals surface area contributed by atoms with E-state index >= 15 is 0 Å². The first kappa shape index (κ1) is 16.6. The van der Waals surface area contributed by atoms with Crippen molar-refractivity contribution in [2.75, 3.05) is 18.4 Å². The zero-order valence-corrected chi connectivity index (χ0v) is 13.9. The SMILES string of the molecule is CCN(CC(=O)O)C1CC(Nc2cc(C)nc3ccc(F)cc23)C1. The molecular weight excluding hydrogens is 309 g/mol. The van der Waals surface area contributed by atoms with Crippen LogP contribution < -0.4 is 5.32 Å². The number of benzene rings is 1. The molecule has 2 N–H and O–H groups in total. The van der Waals surface area contributed by atoms with Crippen molar-refractivity contribution in [2.45, 2.75) is 38.8 Å². The largest absolute Gasteiger partial charge is 0.480 e. The second-order valence-electron chi connectivity index (χ2n) is 6.40. The molecule has 3 rings (SSSR count). The number of hydrogen-bond acceptors (Lipinski definition) is 4. The van der Waals surface area contributed by atoms with Gasteiger partial charge in [0.2, 0.25) is 0 Å². The molecule has 1 heterocycles. The molecule has 128 valence electrons. The summed E-state index contributed by atoms with van der Waals surface area (Å²) in [5.74, 6) is -1.07. The zero-order chi connectivity index (χ0) is 17.3. The van der Waals surface area contributed by atoms with Crippen molar-refractivity contribution in [3.05, 3.63) is 35.8 Å². The molecule has 1 saturated carbocycles. The van der Waals surface area contributed by atoms with E-state index in [1.165, 1.54) is 12.1 Å². The van der Waals surface area contributed by atoms with Gasteiger partial charge in [0, 0.05) is 28.9 Å². The smallest absolute Gasteiger partial charge is 0.317 e. The Morgan fingerprint density at radius 2 is 2.17 bits per heavy atom. The number of aliphatic carboxylic acids is 1. The maximum Gasteiger partial charge on any atom is 0.317 e. The topological polar surface area (TPSA) is 65.5 Å². The molecule has 6 heteroatoms. The summed E-state index contributed by atoms with van der Waals surface area (Å²) < 4.78 is 13.6. The Hall–Kier alpha value is -2.21. The van der Waals surface area contributed by atoms with E-state index in [1.807, 2.05) is 24.8 Å². The molecular formula is C18H22FN3O2. The van der Waals surface area contributed by atoms with Gasteiger partial charge in [0.05, 0.1) is 12.1 Å². The van der Waals surface area contributed by atoms with Gasteiger partial charge in [-0.2, -0.15) is 0 Å². The normalized spacial score (nSPS) is 20.2. The monoisotopic (exact) mass is 331 g/mol. The van der Waals surface area contributed by atoms with Crippen molar-refractivity contribution in [2.24, 2.45) is 0 Å². The molecule has 0 bridgehead atoms. The lowest BCUT2D eigenvalue weighted by Gasteiger charge is -2.42. The molecule has 1 aliphatic rings. The van der Waals surface area contributed by atoms with Crippen LogP contribution >= 0.6 is 0 Å². The third-order valence-corrected chi connectivity index (χ3v) is 4.63. The molecule has 0 saturated heterocycles. The van der Waals surface area contributed by atoms with E-state index in [9.17, 15) is 9.18 Å². The number of hydrogen-bond donors (Lipinski definition) is 2. The number of likely N-dealkylation sites (N-methyl/N-ethyl adjacent to an activating group) is 1. The van der Waals surface area contributed by atoms with Crippen LogP contribution in [0.4, 0.5) is 10.1 Å². The Bertz CT molecular complexity index is 759. The van der Waals surface area contributed by atoms with Gasteiger partial charge in [-0.25, -0.2) is 4.39 Å². The lowest BCUT2D eigenvalue weighted by atomic mass is 9.85. The average molecular weight is 331 g/mol. The Morgan fingerprint density at radius 1 is 1.42 bits per heavy atom. The van der Waals surface area contributed by atoms with E-state index in [0.29, 0.717) is 0 Å². The van der Waals surface area contributed by atoms with Crippen molar-refractivity contribution in [3.63, 3.8) is 0 Å². The van der Waals surface area contributed by atoms with E-state index in [1.54, 1.807) is 6.07 Å². The summed E-state index contributed by atoms with van der Waals surface area (Å²) in [6, 6.07) is 7.11. The summed E-state index contributed by atoms with van der Waals surface area (Å²) in [7, 11) is 0. The van der Waals surface area contributed by atoms with E-state index in [-0.39, 0.29) is 24.4 Å². The van der Waals surface area contributed by atoms with Crippen LogP contribution in [0.5, 0.6) is 0 Å². The lowest BCUT2D eigenvalue weighted by Crippen LogP contribution is -2.51. The number of carboxylic acid groups (broad SMARTS) is 1. The second kappa shape index (κ2) is 6.73. The van der Waals surface area contributed by atoms with Gasteiger partial charge in [0.25, 0.3) is 0 Å². The number of pyridine rings is 1. The van der Waals surface area contributed by atoms with E-state index in [4.69, 9.17) is 5.11 Å². The number of nitrogens with zero attached hydrogens (tertiary/aromatic N) is 2. The number of carbonyl (C=O) groups is 1. The number of aromatic nitrogens is 1. The van der Waals surface area contributed by atoms with Crippen molar-refractivity contribution in [1.82, 2.24) is 9.88 Å². The maximum atomic E-state index is 13.6. The van der Waals surface area contributed by atoms with Crippen molar-refractivity contribution < 1.29 is 14.3 Å². The molecule has 0 amide bonds. The summed E-state index contributed by atoms with van der Waals surface area (Å²) in [5, 5.41) is 13.2. The van der Waals surface area contributed by atoms with Crippen LogP contribution in [-0.4, -0.2) is 46.1 Å². The summed E-state index contributed by atoms with van der Waals surface area (Å²) in [5.41, 5.74) is 2.55. The molecule has 5 nitrogen and oxygen atoms in total. The minimum absolute atomic E-state index is 0.0798. The molecule has 0 unspecified atom stereocenters. The summed E-state index contributed by atoms with van der Waals surface area (Å²) in [6.45, 7) is 4.71. The fraction of sp³-hybridized carbons (Fsp3) is 0.444. The molecule has 1 fully saturated rings. The number of halogens is 1. The van der Waals surface area contributed by atoms with Gasteiger partial charge < -0.3 is 10.4 Å². The number of nitrogens with one attached hydrogen (secondary N) is 1. The van der Waals surface area contributed by atoms with Gasteiger partial charge in [-0.05, 0) is 50.6 Å². The molecule has 0 spiro atoms. The number of aryl methyl sites for hydroxylation is 1. The highest BCUT2D eigenvalue weighted by atomic mass is 19.1. The first-order chi connectivity index (χ1) is 11.5. The minimum Gasteiger partial charge on any atom is -0.480 e. The summed E-state index contributed by atoms with van der Waals surface area (Å²) in [6.07, 6.45) is 1.78. The lowest BCUT2D eigenvalue weighted by molar-refractivity contribution is -0.139.